The SMILES string of the molecule is CN1CCC[C@H]1CNC(=O)c1ccc(-c2cnc3ccc(Cl)nn23)cc1. The molecule has 1 amide bonds. The first-order valence-corrected chi connectivity index (χ1v) is 9.09. The summed E-state index contributed by atoms with van der Waals surface area (Å²) in [4.78, 5) is 19.0. The van der Waals surface area contributed by atoms with Gasteiger partial charge in [-0.05, 0) is 50.7 Å². The highest BCUT2D eigenvalue weighted by Gasteiger charge is 2.21. The van der Waals surface area contributed by atoms with E-state index in [-0.39, 0.29) is 5.91 Å². The van der Waals surface area contributed by atoms with Crippen LogP contribution in [0.25, 0.3) is 16.9 Å². The molecule has 6 nitrogen and oxygen atoms in total. The largest absolute Gasteiger partial charge is 0.350 e. The standard InChI is InChI=1S/C19H20ClN5O/c1-24-10-2-3-15(24)11-22-19(26)14-6-4-13(5-7-14)16-12-21-18-9-8-17(20)23-25(16)18/h4-9,12,15H,2-3,10-11H2,1H3,(H,22,26)/t15-/m0/s1. The van der Waals surface area contributed by atoms with Gasteiger partial charge in [0.2, 0.25) is 0 Å². The lowest BCUT2D eigenvalue weighted by Gasteiger charge is -2.19. The van der Waals surface area contributed by atoms with Crippen LogP contribution in [0.3, 0.4) is 0 Å². The van der Waals surface area contributed by atoms with Gasteiger partial charge < -0.3 is 10.2 Å². The van der Waals surface area contributed by atoms with Crippen LogP contribution >= 0.6 is 11.6 Å². The second-order valence-electron chi connectivity index (χ2n) is 6.63. The Hall–Kier alpha value is -2.44. The summed E-state index contributed by atoms with van der Waals surface area (Å²) in [5.74, 6) is -0.0452. The van der Waals surface area contributed by atoms with E-state index in [0.717, 1.165) is 29.9 Å². The van der Waals surface area contributed by atoms with Crippen molar-refractivity contribution in [2.75, 3.05) is 20.1 Å². The van der Waals surface area contributed by atoms with Crippen molar-refractivity contribution in [2.45, 2.75) is 18.9 Å². The number of halogens is 1. The van der Waals surface area contributed by atoms with Crippen LogP contribution < -0.4 is 5.32 Å². The second-order valence-corrected chi connectivity index (χ2v) is 7.02. The fourth-order valence-electron chi connectivity index (χ4n) is 3.39. The van der Waals surface area contributed by atoms with Crippen molar-refractivity contribution in [3.05, 3.63) is 53.3 Å². The summed E-state index contributed by atoms with van der Waals surface area (Å²) in [5.41, 5.74) is 3.14. The minimum atomic E-state index is -0.0452. The van der Waals surface area contributed by atoms with E-state index in [9.17, 15) is 4.79 Å². The fraction of sp³-hybridized carbons (Fsp3) is 0.316. The number of benzene rings is 1. The van der Waals surface area contributed by atoms with Crippen LogP contribution in [0.2, 0.25) is 5.15 Å². The molecule has 1 aliphatic heterocycles. The van der Waals surface area contributed by atoms with Gasteiger partial charge in [0.25, 0.3) is 5.91 Å². The van der Waals surface area contributed by atoms with Gasteiger partial charge >= 0.3 is 0 Å². The summed E-state index contributed by atoms with van der Waals surface area (Å²) >= 11 is 5.98. The van der Waals surface area contributed by atoms with Gasteiger partial charge in [0, 0.05) is 23.7 Å². The minimum absolute atomic E-state index is 0.0452. The maximum atomic E-state index is 12.4. The Kier molecular flexibility index (Phi) is 4.61. The van der Waals surface area contributed by atoms with Crippen molar-refractivity contribution in [2.24, 2.45) is 0 Å². The van der Waals surface area contributed by atoms with Crippen molar-refractivity contribution in [3.63, 3.8) is 0 Å². The Morgan fingerprint density at radius 3 is 2.81 bits per heavy atom. The number of fused-ring (bicyclic) bond motifs is 1. The molecule has 134 valence electrons. The maximum absolute atomic E-state index is 12.4. The Morgan fingerprint density at radius 1 is 1.27 bits per heavy atom. The number of likely N-dealkylation sites (N-methyl/N-ethyl adjacent to an activating group) is 1. The fourth-order valence-corrected chi connectivity index (χ4v) is 3.53. The number of hydrogen-bond acceptors (Lipinski definition) is 4. The molecule has 0 radical (unpaired) electrons. The van der Waals surface area contributed by atoms with Crippen LogP contribution in [0.1, 0.15) is 23.2 Å². The normalized spacial score (nSPS) is 17.7. The second kappa shape index (κ2) is 7.05. The van der Waals surface area contributed by atoms with Crippen LogP contribution in [0.5, 0.6) is 0 Å². The van der Waals surface area contributed by atoms with Gasteiger partial charge in [-0.1, -0.05) is 23.7 Å². The quantitative estimate of drug-likeness (QED) is 0.768. The average molecular weight is 370 g/mol. The van der Waals surface area contributed by atoms with E-state index in [1.54, 1.807) is 16.8 Å². The molecule has 0 aliphatic carbocycles. The monoisotopic (exact) mass is 369 g/mol. The first-order valence-electron chi connectivity index (χ1n) is 8.71. The van der Waals surface area contributed by atoms with Crippen molar-refractivity contribution >= 4 is 23.2 Å². The van der Waals surface area contributed by atoms with Gasteiger partial charge in [0.1, 0.15) is 5.15 Å². The van der Waals surface area contributed by atoms with Gasteiger partial charge in [-0.25, -0.2) is 9.50 Å². The van der Waals surface area contributed by atoms with E-state index in [1.165, 1.54) is 6.42 Å². The molecule has 1 fully saturated rings. The van der Waals surface area contributed by atoms with Gasteiger partial charge in [-0.3, -0.25) is 4.79 Å². The Morgan fingerprint density at radius 2 is 2.08 bits per heavy atom. The molecule has 1 aliphatic rings. The summed E-state index contributed by atoms with van der Waals surface area (Å²) in [7, 11) is 2.11. The smallest absolute Gasteiger partial charge is 0.251 e. The number of nitrogens with zero attached hydrogens (tertiary/aromatic N) is 4. The summed E-state index contributed by atoms with van der Waals surface area (Å²) < 4.78 is 1.70. The first kappa shape index (κ1) is 17.0. The van der Waals surface area contributed by atoms with Crippen molar-refractivity contribution in [1.82, 2.24) is 24.8 Å². The lowest BCUT2D eigenvalue weighted by Crippen LogP contribution is -2.38. The van der Waals surface area contributed by atoms with Crippen LogP contribution in [0.4, 0.5) is 0 Å². The van der Waals surface area contributed by atoms with Crippen molar-refractivity contribution in [3.8, 4) is 11.3 Å². The molecule has 2 aromatic heterocycles. The zero-order valence-corrected chi connectivity index (χ0v) is 15.3. The van der Waals surface area contributed by atoms with Crippen LogP contribution in [0, 0.1) is 0 Å². The number of nitrogens with one attached hydrogen (secondary N) is 1. The number of hydrogen-bond donors (Lipinski definition) is 1. The molecule has 0 spiro atoms. The molecule has 1 aromatic carbocycles. The number of amides is 1. The van der Waals surface area contributed by atoms with Crippen LogP contribution in [-0.2, 0) is 0 Å². The molecule has 0 unspecified atom stereocenters. The lowest BCUT2D eigenvalue weighted by molar-refractivity contribution is 0.0943. The molecule has 26 heavy (non-hydrogen) atoms. The van der Waals surface area contributed by atoms with E-state index >= 15 is 0 Å². The topological polar surface area (TPSA) is 62.5 Å². The summed E-state index contributed by atoms with van der Waals surface area (Å²) in [6.07, 6.45) is 4.09. The number of likely N-dealkylation sites (tertiary alicyclic amines) is 1. The third kappa shape index (κ3) is 3.30. The van der Waals surface area contributed by atoms with Crippen LogP contribution in [0.15, 0.2) is 42.6 Å². The van der Waals surface area contributed by atoms with E-state index in [1.807, 2.05) is 30.3 Å². The molecule has 3 heterocycles. The Labute approximate surface area is 156 Å². The molecular formula is C19H20ClN5O. The predicted molar refractivity (Wildman–Crippen MR) is 101 cm³/mol. The molecule has 0 saturated carbocycles. The molecule has 3 aromatic rings. The molecule has 1 saturated heterocycles. The van der Waals surface area contributed by atoms with E-state index in [4.69, 9.17) is 11.6 Å². The highest BCUT2D eigenvalue weighted by molar-refractivity contribution is 6.29. The van der Waals surface area contributed by atoms with Gasteiger partial charge in [0.05, 0.1) is 11.9 Å². The van der Waals surface area contributed by atoms with E-state index in [0.29, 0.717) is 23.3 Å². The van der Waals surface area contributed by atoms with Crippen molar-refractivity contribution in [1.29, 1.82) is 0 Å². The zero-order chi connectivity index (χ0) is 18.1. The molecule has 1 atom stereocenters. The summed E-state index contributed by atoms with van der Waals surface area (Å²) in [6.45, 7) is 1.79. The highest BCUT2D eigenvalue weighted by atomic mass is 35.5. The number of aromatic nitrogens is 3. The van der Waals surface area contributed by atoms with Crippen LogP contribution in [-0.4, -0.2) is 51.6 Å². The minimum Gasteiger partial charge on any atom is -0.350 e. The predicted octanol–water partition coefficient (Wildman–Crippen LogP) is 2.87. The third-order valence-corrected chi connectivity index (χ3v) is 5.14. The highest BCUT2D eigenvalue weighted by Crippen LogP contribution is 2.21. The maximum Gasteiger partial charge on any atom is 0.251 e. The lowest BCUT2D eigenvalue weighted by atomic mass is 10.1. The molecule has 0 bridgehead atoms. The van der Waals surface area contributed by atoms with Gasteiger partial charge in [-0.2, -0.15) is 5.10 Å². The molecule has 7 heteroatoms. The molecule has 1 N–H and O–H groups in total. The molecular weight excluding hydrogens is 350 g/mol. The third-order valence-electron chi connectivity index (χ3n) is 4.94. The number of carbonyl (C=O) groups is 1. The van der Waals surface area contributed by atoms with Gasteiger partial charge in [0.15, 0.2) is 5.65 Å². The Bertz CT molecular complexity index is 937. The van der Waals surface area contributed by atoms with E-state index < -0.39 is 0 Å². The van der Waals surface area contributed by atoms with E-state index in [2.05, 4.69) is 27.3 Å². The molecule has 4 rings (SSSR count). The van der Waals surface area contributed by atoms with Gasteiger partial charge in [-0.15, -0.1) is 0 Å². The van der Waals surface area contributed by atoms with Crippen molar-refractivity contribution < 1.29 is 4.79 Å². The number of imidazole rings is 1. The summed E-state index contributed by atoms with van der Waals surface area (Å²) in [6, 6.07) is 11.4. The number of rotatable bonds is 4. The Balaban J connectivity index is 1.49. The summed E-state index contributed by atoms with van der Waals surface area (Å²) in [5, 5.41) is 7.73. The number of carbonyl (C=O) groups excluding carboxylic acids is 1. The first-order chi connectivity index (χ1) is 12.6. The average Bonchev–Trinajstić information content (AvgIpc) is 3.25. The zero-order valence-electron chi connectivity index (χ0n) is 14.5.